The predicted octanol–water partition coefficient (Wildman–Crippen LogP) is 1.87. The quantitative estimate of drug-likeness (QED) is 0.309. The fourth-order valence-electron chi connectivity index (χ4n) is 5.64. The molecule has 0 bridgehead atoms. The summed E-state index contributed by atoms with van der Waals surface area (Å²) in [4.78, 5) is 28.7. The average Bonchev–Trinajstić information content (AvgIpc) is 3.25. The number of carboxylic acids is 1. The van der Waals surface area contributed by atoms with E-state index in [4.69, 9.17) is 10.8 Å². The van der Waals surface area contributed by atoms with E-state index in [1.807, 2.05) is 0 Å². The van der Waals surface area contributed by atoms with E-state index in [-0.39, 0.29) is 47.9 Å². The molecular weight excluding hydrogens is 520 g/mol. The summed E-state index contributed by atoms with van der Waals surface area (Å²) in [7, 11) is 0. The van der Waals surface area contributed by atoms with Crippen molar-refractivity contribution in [3.8, 4) is 11.3 Å². The maximum Gasteiger partial charge on any atom is 0.305 e. The van der Waals surface area contributed by atoms with Gasteiger partial charge in [0.1, 0.15) is 17.0 Å². The molecular formula is C27H37F2N9O2. The van der Waals surface area contributed by atoms with E-state index in [9.17, 15) is 9.18 Å². The van der Waals surface area contributed by atoms with Gasteiger partial charge in [0.05, 0.1) is 24.3 Å². The largest absolute Gasteiger partial charge is 0.481 e. The van der Waals surface area contributed by atoms with Crippen molar-refractivity contribution >= 4 is 23.0 Å². The summed E-state index contributed by atoms with van der Waals surface area (Å²) < 4.78 is 31.5. The van der Waals surface area contributed by atoms with Crippen LogP contribution in [0.15, 0.2) is 18.3 Å². The van der Waals surface area contributed by atoms with Crippen molar-refractivity contribution < 1.29 is 18.7 Å². The van der Waals surface area contributed by atoms with Crippen LogP contribution in [0.2, 0.25) is 0 Å². The summed E-state index contributed by atoms with van der Waals surface area (Å²) in [5, 5.41) is 15.8. The van der Waals surface area contributed by atoms with Gasteiger partial charge < -0.3 is 30.5 Å². The summed E-state index contributed by atoms with van der Waals surface area (Å²) in [6, 6.07) is 2.74. The number of nitrogens with zero attached hydrogens (tertiary/aromatic N) is 6. The van der Waals surface area contributed by atoms with Gasteiger partial charge in [0, 0.05) is 57.4 Å². The molecule has 4 heterocycles. The normalized spacial score (nSPS) is 22.6. The highest BCUT2D eigenvalue weighted by atomic mass is 19.1. The molecule has 2 saturated heterocycles. The number of nitrogens with two attached hydrogens (primary N) is 1. The van der Waals surface area contributed by atoms with E-state index in [1.54, 1.807) is 17.6 Å². The van der Waals surface area contributed by atoms with Gasteiger partial charge in [-0.2, -0.15) is 0 Å². The number of fused-ring (bicyclic) bond motifs is 1. The minimum Gasteiger partial charge on any atom is -0.481 e. The average molecular weight is 558 g/mol. The molecule has 216 valence electrons. The van der Waals surface area contributed by atoms with Crippen molar-refractivity contribution in [2.75, 3.05) is 51.1 Å². The minimum atomic E-state index is -0.979. The molecule has 2 aromatic heterocycles. The maximum absolute atomic E-state index is 15.0. The van der Waals surface area contributed by atoms with Gasteiger partial charge in [0.25, 0.3) is 0 Å². The van der Waals surface area contributed by atoms with Crippen molar-refractivity contribution in [2.45, 2.75) is 45.4 Å². The van der Waals surface area contributed by atoms with Crippen LogP contribution in [0.1, 0.15) is 25.6 Å². The van der Waals surface area contributed by atoms with Gasteiger partial charge in [0.15, 0.2) is 11.6 Å². The molecule has 2 fully saturated rings. The van der Waals surface area contributed by atoms with Gasteiger partial charge in [-0.3, -0.25) is 10.1 Å². The van der Waals surface area contributed by atoms with E-state index in [0.29, 0.717) is 23.7 Å². The number of nitrogens with one attached hydrogen (secondary N) is 2. The lowest BCUT2D eigenvalue weighted by Gasteiger charge is -2.40. The number of imidazole rings is 1. The Hall–Kier alpha value is -3.26. The fraction of sp³-hybridized carbons (Fsp3) is 0.556. The monoisotopic (exact) mass is 557 g/mol. The first kappa shape index (κ1) is 28.3. The molecule has 40 heavy (non-hydrogen) atoms. The molecule has 0 spiro atoms. The molecule has 0 radical (unpaired) electrons. The van der Waals surface area contributed by atoms with Crippen LogP contribution >= 0.6 is 0 Å². The number of halogens is 2. The Morgan fingerprint density at radius 3 is 2.62 bits per heavy atom. The first-order valence-corrected chi connectivity index (χ1v) is 13.8. The maximum atomic E-state index is 15.0. The Labute approximate surface area is 231 Å². The molecule has 0 aliphatic carbocycles. The number of carbonyl (C=O) groups is 1. The molecule has 0 saturated carbocycles. The second kappa shape index (κ2) is 12.1. The lowest BCUT2D eigenvalue weighted by Crippen LogP contribution is -2.57. The number of aliphatic carboxylic acids is 1. The first-order chi connectivity index (χ1) is 19.2. The minimum absolute atomic E-state index is 0.0197. The molecule has 3 atom stereocenters. The van der Waals surface area contributed by atoms with Crippen molar-refractivity contribution in [3.63, 3.8) is 0 Å². The molecule has 5 rings (SSSR count). The van der Waals surface area contributed by atoms with E-state index in [1.165, 1.54) is 6.07 Å². The zero-order valence-corrected chi connectivity index (χ0v) is 22.9. The van der Waals surface area contributed by atoms with Crippen molar-refractivity contribution in [1.82, 2.24) is 34.6 Å². The van der Waals surface area contributed by atoms with E-state index < -0.39 is 17.6 Å². The Morgan fingerprint density at radius 1 is 1.18 bits per heavy atom. The first-order valence-electron chi connectivity index (χ1n) is 13.8. The Balaban J connectivity index is 1.28. The topological polar surface area (TPSA) is 137 Å². The molecule has 13 heteroatoms. The van der Waals surface area contributed by atoms with Gasteiger partial charge in [-0.25, -0.2) is 23.7 Å². The highest BCUT2D eigenvalue weighted by molar-refractivity contribution is 5.83. The lowest BCUT2D eigenvalue weighted by molar-refractivity contribution is -0.137. The second-order valence-corrected chi connectivity index (χ2v) is 10.7. The molecule has 5 N–H and O–H groups in total. The van der Waals surface area contributed by atoms with Crippen LogP contribution in [-0.4, -0.2) is 98.4 Å². The third-order valence-electron chi connectivity index (χ3n) is 8.01. The van der Waals surface area contributed by atoms with Gasteiger partial charge in [0.2, 0.25) is 5.95 Å². The lowest BCUT2D eigenvalue weighted by atomic mass is 9.91. The molecule has 2 aliphatic rings. The van der Waals surface area contributed by atoms with E-state index in [2.05, 4.69) is 42.3 Å². The van der Waals surface area contributed by atoms with Crippen LogP contribution in [0.5, 0.6) is 0 Å². The summed E-state index contributed by atoms with van der Waals surface area (Å²) in [5.41, 5.74) is 7.19. The highest BCUT2D eigenvalue weighted by Crippen LogP contribution is 2.29. The molecule has 3 unspecified atom stereocenters. The van der Waals surface area contributed by atoms with Crippen LogP contribution in [-0.2, 0) is 11.3 Å². The van der Waals surface area contributed by atoms with Crippen LogP contribution in [0.25, 0.3) is 22.3 Å². The molecule has 1 aromatic carbocycles. The Morgan fingerprint density at radius 2 is 1.93 bits per heavy atom. The number of anilines is 1. The number of aryl methyl sites for hydroxylation is 2. The highest BCUT2D eigenvalue weighted by Gasteiger charge is 2.30. The van der Waals surface area contributed by atoms with Crippen LogP contribution < -0.4 is 16.4 Å². The van der Waals surface area contributed by atoms with Crippen LogP contribution in [0.3, 0.4) is 0 Å². The standard InChI is InChI=1S/C27H37F2N9O2/c1-3-36-6-8-37(9-7-36)15-18-13-31-23(12-21(18)30)34-27-32-14-20(29)25(35-27)17-10-19(28)26-22(11-17)38(16(2)33-26)5-4-24(39)40/h10-11,14,18,21,23,31H,3-9,12-13,15,30H2,1-2H3,(H,39,40)(H,32,34,35). The van der Waals surface area contributed by atoms with E-state index in [0.717, 1.165) is 52.0 Å². The smallest absolute Gasteiger partial charge is 0.305 e. The zero-order chi connectivity index (χ0) is 28.4. The van der Waals surface area contributed by atoms with Crippen molar-refractivity contribution in [3.05, 3.63) is 35.8 Å². The molecule has 11 nitrogen and oxygen atoms in total. The number of carboxylic acid groups (broad SMARTS) is 1. The summed E-state index contributed by atoms with van der Waals surface area (Å²) >= 11 is 0. The van der Waals surface area contributed by atoms with Crippen LogP contribution in [0.4, 0.5) is 14.7 Å². The number of rotatable bonds is 9. The van der Waals surface area contributed by atoms with Gasteiger partial charge in [-0.1, -0.05) is 6.92 Å². The SMILES string of the molecule is CCN1CCN(CC2CNC(Nc3ncc(F)c(-c4cc(F)c5nc(C)n(CCC(=O)O)c5c4)n3)CC2N)CC1. The number of likely N-dealkylation sites (N-methyl/N-ethyl adjacent to an activating group) is 1. The Kier molecular flexibility index (Phi) is 8.54. The molecule has 3 aromatic rings. The predicted molar refractivity (Wildman–Crippen MR) is 148 cm³/mol. The van der Waals surface area contributed by atoms with Crippen molar-refractivity contribution in [1.29, 1.82) is 0 Å². The summed E-state index contributed by atoms with van der Waals surface area (Å²) in [6.07, 6.45) is 1.36. The zero-order valence-electron chi connectivity index (χ0n) is 22.9. The van der Waals surface area contributed by atoms with Gasteiger partial charge in [-0.15, -0.1) is 0 Å². The second-order valence-electron chi connectivity index (χ2n) is 10.7. The number of benzene rings is 1. The third-order valence-corrected chi connectivity index (χ3v) is 8.01. The third kappa shape index (κ3) is 6.22. The van der Waals surface area contributed by atoms with Crippen molar-refractivity contribution in [2.24, 2.45) is 11.7 Å². The summed E-state index contributed by atoms with van der Waals surface area (Å²) in [6.45, 7) is 11.0. The molecule has 0 amide bonds. The van der Waals surface area contributed by atoms with Crippen LogP contribution in [0, 0.1) is 24.5 Å². The van der Waals surface area contributed by atoms with Gasteiger partial charge >= 0.3 is 5.97 Å². The van der Waals surface area contributed by atoms with Gasteiger partial charge in [-0.05, 0) is 37.9 Å². The number of aromatic nitrogens is 4. The number of piperidine rings is 1. The fourth-order valence-corrected chi connectivity index (χ4v) is 5.64. The molecule has 2 aliphatic heterocycles. The number of hydrogen-bond donors (Lipinski definition) is 4. The number of piperazine rings is 1. The number of hydrogen-bond acceptors (Lipinski definition) is 9. The van der Waals surface area contributed by atoms with E-state index >= 15 is 4.39 Å². The Bertz CT molecular complexity index is 1360. The summed E-state index contributed by atoms with van der Waals surface area (Å²) in [5.74, 6) is -1.33.